The van der Waals surface area contributed by atoms with Crippen LogP contribution in [0, 0.1) is 0 Å². The molecule has 0 spiro atoms. The zero-order chi connectivity index (χ0) is 22.5. The summed E-state index contributed by atoms with van der Waals surface area (Å²) in [7, 11) is 4.58. The molecule has 0 saturated heterocycles. The van der Waals surface area contributed by atoms with Gasteiger partial charge in [0.1, 0.15) is 5.75 Å². The van der Waals surface area contributed by atoms with Crippen molar-refractivity contribution in [3.05, 3.63) is 72.3 Å². The van der Waals surface area contributed by atoms with Gasteiger partial charge in [-0.3, -0.25) is 0 Å². The number of hydrogen-bond acceptors (Lipinski definition) is 8. The van der Waals surface area contributed by atoms with Gasteiger partial charge in [0.15, 0.2) is 11.5 Å². The third-order valence-corrected chi connectivity index (χ3v) is 4.67. The average molecular weight is 432 g/mol. The maximum Gasteiger partial charge on any atom is 0.343 e. The predicted octanol–water partition coefficient (Wildman–Crippen LogP) is 4.65. The monoisotopic (exact) mass is 432 g/mol. The second-order valence-electron chi connectivity index (χ2n) is 6.58. The highest BCUT2D eigenvalue weighted by molar-refractivity contribution is 5.91. The summed E-state index contributed by atoms with van der Waals surface area (Å²) < 4.78 is 27.6. The van der Waals surface area contributed by atoms with Crippen LogP contribution in [0.5, 0.6) is 23.0 Å². The molecule has 0 amide bonds. The highest BCUT2D eigenvalue weighted by Crippen LogP contribution is 2.41. The van der Waals surface area contributed by atoms with Crippen LogP contribution in [-0.2, 0) is 0 Å². The van der Waals surface area contributed by atoms with Gasteiger partial charge in [0.05, 0.1) is 32.5 Å². The van der Waals surface area contributed by atoms with Crippen LogP contribution in [0.1, 0.15) is 10.4 Å². The number of ether oxygens (including phenoxy) is 4. The number of nitrogens with zero attached hydrogens (tertiary/aromatic N) is 2. The van der Waals surface area contributed by atoms with Gasteiger partial charge in [-0.05, 0) is 36.4 Å². The van der Waals surface area contributed by atoms with Crippen LogP contribution in [0.15, 0.2) is 71.1 Å². The predicted molar refractivity (Wildman–Crippen MR) is 116 cm³/mol. The molecule has 3 aromatic carbocycles. The highest BCUT2D eigenvalue weighted by Gasteiger charge is 2.20. The number of benzene rings is 3. The summed E-state index contributed by atoms with van der Waals surface area (Å²) in [4.78, 5) is 12.5. The topological polar surface area (TPSA) is 92.9 Å². The van der Waals surface area contributed by atoms with Crippen LogP contribution in [0.3, 0.4) is 0 Å². The minimum absolute atomic E-state index is 0.199. The Hall–Kier alpha value is -4.33. The summed E-state index contributed by atoms with van der Waals surface area (Å²) in [5, 5.41) is 8.27. The van der Waals surface area contributed by atoms with Crippen molar-refractivity contribution in [3.8, 4) is 45.9 Å². The molecule has 0 aliphatic rings. The second-order valence-corrected chi connectivity index (χ2v) is 6.58. The molecule has 1 aromatic heterocycles. The van der Waals surface area contributed by atoms with E-state index in [-0.39, 0.29) is 11.8 Å². The minimum Gasteiger partial charge on any atom is -0.493 e. The maximum atomic E-state index is 12.5. The average Bonchev–Trinajstić information content (AvgIpc) is 3.34. The largest absolute Gasteiger partial charge is 0.493 e. The first kappa shape index (κ1) is 20.9. The van der Waals surface area contributed by atoms with Crippen molar-refractivity contribution in [1.82, 2.24) is 10.2 Å². The first-order chi connectivity index (χ1) is 15.6. The van der Waals surface area contributed by atoms with Crippen molar-refractivity contribution in [2.75, 3.05) is 21.3 Å². The van der Waals surface area contributed by atoms with Crippen LogP contribution in [0.2, 0.25) is 0 Å². The number of rotatable bonds is 7. The molecule has 8 heteroatoms. The lowest BCUT2D eigenvalue weighted by Gasteiger charge is -2.12. The van der Waals surface area contributed by atoms with E-state index in [2.05, 4.69) is 10.2 Å². The third-order valence-electron chi connectivity index (χ3n) is 4.67. The number of carbonyl (C=O) groups is 1. The third kappa shape index (κ3) is 4.11. The Kier molecular flexibility index (Phi) is 6.03. The summed E-state index contributed by atoms with van der Waals surface area (Å²) in [6, 6.07) is 19.1. The van der Waals surface area contributed by atoms with Gasteiger partial charge < -0.3 is 23.4 Å². The van der Waals surface area contributed by atoms with Gasteiger partial charge in [0.25, 0.3) is 5.89 Å². The number of hydrogen-bond donors (Lipinski definition) is 0. The summed E-state index contributed by atoms with van der Waals surface area (Å²) in [5.74, 6) is 1.63. The molecule has 8 nitrogen and oxygen atoms in total. The fourth-order valence-corrected chi connectivity index (χ4v) is 3.12. The number of carbonyl (C=O) groups excluding carboxylic acids is 1. The number of methoxy groups -OCH3 is 3. The smallest absolute Gasteiger partial charge is 0.343 e. The molecule has 0 unspecified atom stereocenters. The Morgan fingerprint density at radius 1 is 0.750 bits per heavy atom. The molecule has 162 valence electrons. The van der Waals surface area contributed by atoms with Gasteiger partial charge in [-0.2, -0.15) is 0 Å². The molecule has 4 rings (SSSR count). The molecule has 4 aromatic rings. The molecule has 0 radical (unpaired) electrons. The Morgan fingerprint density at radius 2 is 1.38 bits per heavy atom. The molecular formula is C24H20N2O6. The molecule has 0 aliphatic heterocycles. The molecule has 0 atom stereocenters. The Labute approximate surface area is 184 Å². The summed E-state index contributed by atoms with van der Waals surface area (Å²) in [5.41, 5.74) is 1.51. The summed E-state index contributed by atoms with van der Waals surface area (Å²) >= 11 is 0. The molecule has 0 N–H and O–H groups in total. The Balaban J connectivity index is 1.67. The number of para-hydroxylation sites is 1. The van der Waals surface area contributed by atoms with E-state index in [4.69, 9.17) is 23.4 Å². The molecule has 32 heavy (non-hydrogen) atoms. The van der Waals surface area contributed by atoms with E-state index in [1.54, 1.807) is 60.7 Å². The summed E-state index contributed by atoms with van der Waals surface area (Å²) in [6.07, 6.45) is 0. The van der Waals surface area contributed by atoms with E-state index >= 15 is 0 Å². The van der Waals surface area contributed by atoms with Gasteiger partial charge in [-0.25, -0.2) is 4.79 Å². The van der Waals surface area contributed by atoms with E-state index in [0.29, 0.717) is 39.7 Å². The van der Waals surface area contributed by atoms with Crippen molar-refractivity contribution < 1.29 is 28.2 Å². The standard InChI is InChI=1S/C24H20N2O6/c1-28-19-13-16(14-20(29-2)21(19)30-3)22-25-26-23(32-22)17-11-7-8-12-18(17)31-24(27)15-9-5-4-6-10-15/h4-14H,1-3H3. The fraction of sp³-hybridized carbons (Fsp3) is 0.125. The number of esters is 1. The van der Waals surface area contributed by atoms with Crippen molar-refractivity contribution in [3.63, 3.8) is 0 Å². The van der Waals surface area contributed by atoms with E-state index < -0.39 is 5.97 Å². The van der Waals surface area contributed by atoms with E-state index in [0.717, 1.165) is 0 Å². The van der Waals surface area contributed by atoms with Gasteiger partial charge in [-0.1, -0.05) is 30.3 Å². The van der Waals surface area contributed by atoms with Gasteiger partial charge in [0, 0.05) is 5.56 Å². The van der Waals surface area contributed by atoms with Crippen molar-refractivity contribution in [2.24, 2.45) is 0 Å². The molecule has 0 fully saturated rings. The fourth-order valence-electron chi connectivity index (χ4n) is 3.12. The Bertz CT molecular complexity index is 1210. The minimum atomic E-state index is -0.484. The van der Waals surface area contributed by atoms with Crippen LogP contribution >= 0.6 is 0 Å². The van der Waals surface area contributed by atoms with Gasteiger partial charge >= 0.3 is 5.97 Å². The van der Waals surface area contributed by atoms with Gasteiger partial charge in [0.2, 0.25) is 11.6 Å². The zero-order valence-electron chi connectivity index (χ0n) is 17.7. The second kappa shape index (κ2) is 9.22. The van der Waals surface area contributed by atoms with Crippen molar-refractivity contribution >= 4 is 5.97 Å². The lowest BCUT2D eigenvalue weighted by molar-refractivity contribution is 0.0735. The zero-order valence-corrected chi connectivity index (χ0v) is 17.7. The van der Waals surface area contributed by atoms with E-state index in [1.807, 2.05) is 6.07 Å². The SMILES string of the molecule is COc1cc(-c2nnc(-c3ccccc3OC(=O)c3ccccc3)o2)cc(OC)c1OC. The molecule has 0 aliphatic carbocycles. The highest BCUT2D eigenvalue weighted by atomic mass is 16.5. The van der Waals surface area contributed by atoms with Crippen LogP contribution in [-0.4, -0.2) is 37.5 Å². The first-order valence-electron chi connectivity index (χ1n) is 9.65. The van der Waals surface area contributed by atoms with E-state index in [9.17, 15) is 4.79 Å². The van der Waals surface area contributed by atoms with Crippen molar-refractivity contribution in [1.29, 1.82) is 0 Å². The quantitative estimate of drug-likeness (QED) is 0.308. The van der Waals surface area contributed by atoms with E-state index in [1.165, 1.54) is 21.3 Å². The van der Waals surface area contributed by atoms with Crippen LogP contribution < -0.4 is 18.9 Å². The maximum absolute atomic E-state index is 12.5. The summed E-state index contributed by atoms with van der Waals surface area (Å²) in [6.45, 7) is 0. The molecular weight excluding hydrogens is 412 g/mol. The molecule has 0 saturated carbocycles. The Morgan fingerprint density at radius 3 is 2.03 bits per heavy atom. The normalized spacial score (nSPS) is 10.5. The lowest BCUT2D eigenvalue weighted by Crippen LogP contribution is -2.08. The van der Waals surface area contributed by atoms with Gasteiger partial charge in [-0.15, -0.1) is 10.2 Å². The number of aromatic nitrogens is 2. The van der Waals surface area contributed by atoms with Crippen molar-refractivity contribution in [2.45, 2.75) is 0 Å². The molecule has 0 bridgehead atoms. The first-order valence-corrected chi connectivity index (χ1v) is 9.65. The van der Waals surface area contributed by atoms with Crippen LogP contribution in [0.4, 0.5) is 0 Å². The molecule has 1 heterocycles. The lowest BCUT2D eigenvalue weighted by atomic mass is 10.1. The van der Waals surface area contributed by atoms with Crippen LogP contribution in [0.25, 0.3) is 22.9 Å².